The number of carbonyl (C=O) groups excluding carboxylic acids is 1. The summed E-state index contributed by atoms with van der Waals surface area (Å²) in [7, 11) is 0. The van der Waals surface area contributed by atoms with Gasteiger partial charge >= 0.3 is 0 Å². The number of amides is 1. The van der Waals surface area contributed by atoms with Crippen LogP contribution in [0.1, 0.15) is 34.6 Å². The van der Waals surface area contributed by atoms with Gasteiger partial charge in [0.15, 0.2) is 5.69 Å². The van der Waals surface area contributed by atoms with Gasteiger partial charge in [-0.25, -0.2) is 0 Å². The lowest BCUT2D eigenvalue weighted by Crippen LogP contribution is -2.27. The minimum atomic E-state index is -0.0690. The van der Waals surface area contributed by atoms with Crippen molar-refractivity contribution in [3.8, 4) is 0 Å². The quantitative estimate of drug-likeness (QED) is 0.736. The van der Waals surface area contributed by atoms with Crippen LogP contribution < -0.4 is 5.32 Å². The number of nitrogens with one attached hydrogen (secondary N) is 2. The molecule has 80 valence electrons. The minimum Gasteiger partial charge on any atom is -0.376 e. The number of ether oxygens (including phenoxy) is 1. The summed E-state index contributed by atoms with van der Waals surface area (Å²) in [5.74, 6) is -0.0690. The second kappa shape index (κ2) is 3.34. The molecule has 1 aliphatic heterocycles. The third kappa shape index (κ3) is 1.63. The van der Waals surface area contributed by atoms with E-state index in [9.17, 15) is 4.79 Å². The minimum absolute atomic E-state index is 0.0690. The first-order chi connectivity index (χ1) is 7.34. The van der Waals surface area contributed by atoms with Gasteiger partial charge in [-0.3, -0.25) is 9.89 Å². The summed E-state index contributed by atoms with van der Waals surface area (Å²) in [6, 6.07) is 0.370. The molecule has 1 aromatic heterocycles. The van der Waals surface area contributed by atoms with Crippen molar-refractivity contribution in [1.29, 1.82) is 0 Å². The number of aromatic nitrogens is 2. The lowest BCUT2D eigenvalue weighted by Gasteiger charge is -2.12. The van der Waals surface area contributed by atoms with Crippen LogP contribution in [-0.2, 0) is 17.8 Å². The van der Waals surface area contributed by atoms with E-state index in [-0.39, 0.29) is 5.91 Å². The fourth-order valence-electron chi connectivity index (χ4n) is 1.78. The molecule has 0 bridgehead atoms. The number of rotatable bonds is 2. The molecule has 1 aromatic rings. The topological polar surface area (TPSA) is 67.0 Å². The molecule has 2 aliphatic rings. The van der Waals surface area contributed by atoms with E-state index in [1.165, 1.54) is 0 Å². The number of hydrogen-bond donors (Lipinski definition) is 2. The lowest BCUT2D eigenvalue weighted by molar-refractivity contribution is 0.0923. The van der Waals surface area contributed by atoms with Crippen molar-refractivity contribution < 1.29 is 9.53 Å². The SMILES string of the molecule is O=C(NC1CC1)c1n[nH]c2c1COCC2. The molecule has 5 nitrogen and oxygen atoms in total. The van der Waals surface area contributed by atoms with Crippen molar-refractivity contribution in [2.45, 2.75) is 31.9 Å². The molecule has 2 N–H and O–H groups in total. The van der Waals surface area contributed by atoms with E-state index < -0.39 is 0 Å². The van der Waals surface area contributed by atoms with Crippen LogP contribution in [0.25, 0.3) is 0 Å². The van der Waals surface area contributed by atoms with E-state index in [0.717, 1.165) is 30.5 Å². The van der Waals surface area contributed by atoms with E-state index in [2.05, 4.69) is 15.5 Å². The maximum Gasteiger partial charge on any atom is 0.272 e. The van der Waals surface area contributed by atoms with Gasteiger partial charge in [0.1, 0.15) is 0 Å². The van der Waals surface area contributed by atoms with Crippen LogP contribution in [0.4, 0.5) is 0 Å². The van der Waals surface area contributed by atoms with Gasteiger partial charge < -0.3 is 10.1 Å². The van der Waals surface area contributed by atoms with Crippen LogP contribution in [0, 0.1) is 0 Å². The van der Waals surface area contributed by atoms with Gasteiger partial charge in [-0.05, 0) is 12.8 Å². The van der Waals surface area contributed by atoms with Gasteiger partial charge in [0, 0.05) is 23.7 Å². The largest absolute Gasteiger partial charge is 0.376 e. The molecular formula is C10H13N3O2. The number of hydrogen-bond acceptors (Lipinski definition) is 3. The molecule has 0 unspecified atom stereocenters. The average Bonchev–Trinajstić information content (AvgIpc) is 2.96. The normalized spacial score (nSPS) is 19.7. The Hall–Kier alpha value is -1.36. The highest BCUT2D eigenvalue weighted by molar-refractivity contribution is 5.94. The Kier molecular flexibility index (Phi) is 1.98. The average molecular weight is 207 g/mol. The highest BCUT2D eigenvalue weighted by atomic mass is 16.5. The first-order valence-electron chi connectivity index (χ1n) is 5.29. The fourth-order valence-corrected chi connectivity index (χ4v) is 1.78. The number of carbonyl (C=O) groups is 1. The van der Waals surface area contributed by atoms with E-state index in [1.807, 2.05) is 0 Å². The van der Waals surface area contributed by atoms with Crippen molar-refractivity contribution in [2.75, 3.05) is 6.61 Å². The van der Waals surface area contributed by atoms with Gasteiger partial charge in [0.25, 0.3) is 5.91 Å². The molecule has 2 heterocycles. The summed E-state index contributed by atoms with van der Waals surface area (Å²) < 4.78 is 5.33. The van der Waals surface area contributed by atoms with Gasteiger partial charge in [0.2, 0.25) is 0 Å². The van der Waals surface area contributed by atoms with Crippen LogP contribution in [0.15, 0.2) is 0 Å². The van der Waals surface area contributed by atoms with Crippen molar-refractivity contribution in [3.63, 3.8) is 0 Å². The summed E-state index contributed by atoms with van der Waals surface area (Å²) >= 11 is 0. The predicted octanol–water partition coefficient (Wildman–Crippen LogP) is 0.375. The number of H-pyrrole nitrogens is 1. The van der Waals surface area contributed by atoms with E-state index in [4.69, 9.17) is 4.74 Å². The highest BCUT2D eigenvalue weighted by Gasteiger charge is 2.27. The van der Waals surface area contributed by atoms with Crippen LogP contribution in [0.2, 0.25) is 0 Å². The Morgan fingerprint density at radius 3 is 3.20 bits per heavy atom. The van der Waals surface area contributed by atoms with Crippen molar-refractivity contribution in [3.05, 3.63) is 17.0 Å². The smallest absolute Gasteiger partial charge is 0.272 e. The lowest BCUT2D eigenvalue weighted by atomic mass is 10.1. The van der Waals surface area contributed by atoms with Crippen LogP contribution in [-0.4, -0.2) is 28.8 Å². The van der Waals surface area contributed by atoms with Crippen molar-refractivity contribution in [1.82, 2.24) is 15.5 Å². The Labute approximate surface area is 87.2 Å². The molecule has 15 heavy (non-hydrogen) atoms. The Bertz CT molecular complexity index is 395. The molecule has 0 radical (unpaired) electrons. The van der Waals surface area contributed by atoms with Gasteiger partial charge in [0.05, 0.1) is 13.2 Å². The summed E-state index contributed by atoms with van der Waals surface area (Å²) in [5.41, 5.74) is 2.48. The summed E-state index contributed by atoms with van der Waals surface area (Å²) in [5, 5.41) is 9.90. The second-order valence-corrected chi connectivity index (χ2v) is 4.08. The Morgan fingerprint density at radius 1 is 1.53 bits per heavy atom. The summed E-state index contributed by atoms with van der Waals surface area (Å²) in [6.45, 7) is 1.21. The second-order valence-electron chi connectivity index (χ2n) is 4.08. The van der Waals surface area contributed by atoms with Crippen molar-refractivity contribution in [2.24, 2.45) is 0 Å². The molecule has 5 heteroatoms. The fraction of sp³-hybridized carbons (Fsp3) is 0.600. The molecule has 1 fully saturated rings. The van der Waals surface area contributed by atoms with Crippen LogP contribution in [0.3, 0.4) is 0 Å². The molecular weight excluding hydrogens is 194 g/mol. The third-order valence-corrected chi connectivity index (χ3v) is 2.82. The first-order valence-corrected chi connectivity index (χ1v) is 5.29. The number of aromatic amines is 1. The van der Waals surface area contributed by atoms with Crippen molar-refractivity contribution >= 4 is 5.91 Å². The zero-order valence-corrected chi connectivity index (χ0v) is 8.38. The zero-order valence-electron chi connectivity index (χ0n) is 8.38. The summed E-state index contributed by atoms with van der Waals surface area (Å²) in [4.78, 5) is 11.8. The standard InChI is InChI=1S/C10H13N3O2/c14-10(11-6-1-2-6)9-7-5-15-4-3-8(7)12-13-9/h6H,1-5H2,(H,11,14)(H,12,13). The number of fused-ring (bicyclic) bond motifs is 1. The Balaban J connectivity index is 1.83. The van der Waals surface area contributed by atoms with Crippen LogP contribution in [0.5, 0.6) is 0 Å². The molecule has 0 atom stereocenters. The predicted molar refractivity (Wildman–Crippen MR) is 52.4 cm³/mol. The van der Waals surface area contributed by atoms with E-state index in [1.54, 1.807) is 0 Å². The van der Waals surface area contributed by atoms with Gasteiger partial charge in [-0.1, -0.05) is 0 Å². The molecule has 1 saturated carbocycles. The maximum atomic E-state index is 11.8. The molecule has 1 aliphatic carbocycles. The molecule has 0 aromatic carbocycles. The van der Waals surface area contributed by atoms with Crippen LogP contribution >= 0.6 is 0 Å². The Morgan fingerprint density at radius 2 is 2.40 bits per heavy atom. The van der Waals surface area contributed by atoms with E-state index >= 15 is 0 Å². The van der Waals surface area contributed by atoms with Gasteiger partial charge in [-0.15, -0.1) is 0 Å². The zero-order chi connectivity index (χ0) is 10.3. The molecule has 0 spiro atoms. The van der Waals surface area contributed by atoms with Gasteiger partial charge in [-0.2, -0.15) is 5.10 Å². The van der Waals surface area contributed by atoms with E-state index in [0.29, 0.717) is 24.9 Å². The third-order valence-electron chi connectivity index (χ3n) is 2.82. The monoisotopic (exact) mass is 207 g/mol. The molecule has 3 rings (SSSR count). The molecule has 0 saturated heterocycles. The molecule has 1 amide bonds. The first kappa shape index (κ1) is 8.91. The summed E-state index contributed by atoms with van der Waals surface area (Å²) in [6.07, 6.45) is 3.00. The maximum absolute atomic E-state index is 11.8. The number of nitrogens with zero attached hydrogens (tertiary/aromatic N) is 1. The highest BCUT2D eigenvalue weighted by Crippen LogP contribution is 2.21.